The first-order valence-corrected chi connectivity index (χ1v) is 10.4. The Kier molecular flexibility index (Phi) is 4.11. The molecule has 0 radical (unpaired) electrons. The lowest BCUT2D eigenvalue weighted by Crippen LogP contribution is -2.28. The third-order valence-corrected chi connectivity index (χ3v) is 5.91. The Labute approximate surface area is 157 Å². The Morgan fingerprint density at radius 3 is 2.33 bits per heavy atom. The van der Waals surface area contributed by atoms with Crippen LogP contribution in [0, 0.1) is 0 Å². The fraction of sp³-hybridized carbons (Fsp3) is 0.200. The van der Waals surface area contributed by atoms with Crippen LogP contribution in [0.1, 0.15) is 18.5 Å². The minimum absolute atomic E-state index is 0.164. The summed E-state index contributed by atoms with van der Waals surface area (Å²) in [6.45, 7) is 0. The van der Waals surface area contributed by atoms with Crippen LogP contribution in [0.4, 0.5) is 5.69 Å². The van der Waals surface area contributed by atoms with Crippen LogP contribution < -0.4 is 5.32 Å². The van der Waals surface area contributed by atoms with E-state index in [0.29, 0.717) is 30.0 Å². The van der Waals surface area contributed by atoms with Crippen LogP contribution in [0.5, 0.6) is 0 Å². The second-order valence-electron chi connectivity index (χ2n) is 6.78. The van der Waals surface area contributed by atoms with Crippen molar-refractivity contribution in [2.45, 2.75) is 23.2 Å². The van der Waals surface area contributed by atoms with Gasteiger partial charge < -0.3 is 9.84 Å². The molecule has 0 saturated heterocycles. The molecule has 7 heteroatoms. The molecule has 1 saturated carbocycles. The van der Waals surface area contributed by atoms with E-state index in [0.717, 1.165) is 11.8 Å². The molecule has 0 bridgehead atoms. The van der Waals surface area contributed by atoms with Crippen molar-refractivity contribution >= 4 is 21.4 Å². The van der Waals surface area contributed by atoms with Crippen molar-refractivity contribution in [3.05, 3.63) is 66.4 Å². The summed E-state index contributed by atoms with van der Waals surface area (Å²) in [4.78, 5) is 13.0. The first kappa shape index (κ1) is 17.5. The number of benzene rings is 2. The zero-order valence-electron chi connectivity index (χ0n) is 14.7. The highest BCUT2D eigenvalue weighted by molar-refractivity contribution is 7.90. The number of hydrogen-bond acceptors (Lipinski definition) is 5. The van der Waals surface area contributed by atoms with E-state index in [1.807, 2.05) is 36.4 Å². The second-order valence-corrected chi connectivity index (χ2v) is 8.79. The van der Waals surface area contributed by atoms with Crippen molar-refractivity contribution in [2.24, 2.45) is 0 Å². The van der Waals surface area contributed by atoms with E-state index in [9.17, 15) is 13.2 Å². The number of carbonyl (C=O) groups is 1. The highest BCUT2D eigenvalue weighted by atomic mass is 32.2. The van der Waals surface area contributed by atoms with Gasteiger partial charge in [0.25, 0.3) is 0 Å². The number of anilines is 1. The van der Waals surface area contributed by atoms with Crippen LogP contribution >= 0.6 is 0 Å². The molecule has 138 valence electrons. The van der Waals surface area contributed by atoms with E-state index in [2.05, 4.69) is 10.5 Å². The number of nitrogens with one attached hydrogen (secondary N) is 1. The lowest BCUT2D eigenvalue weighted by molar-refractivity contribution is -0.118. The van der Waals surface area contributed by atoms with Crippen LogP contribution in [-0.2, 0) is 20.0 Å². The number of hydrogen-bond donors (Lipinski definition) is 1. The minimum atomic E-state index is -3.27. The molecule has 0 unspecified atom stereocenters. The van der Waals surface area contributed by atoms with Crippen molar-refractivity contribution in [2.75, 3.05) is 11.6 Å². The van der Waals surface area contributed by atoms with Gasteiger partial charge in [-0.15, -0.1) is 0 Å². The highest BCUT2D eigenvalue weighted by Gasteiger charge is 2.53. The first-order valence-electron chi connectivity index (χ1n) is 8.53. The summed E-state index contributed by atoms with van der Waals surface area (Å²) < 4.78 is 28.5. The first-order chi connectivity index (χ1) is 12.9. The maximum absolute atomic E-state index is 12.8. The van der Waals surface area contributed by atoms with Gasteiger partial charge in [0.1, 0.15) is 0 Å². The van der Waals surface area contributed by atoms with Gasteiger partial charge in [-0.25, -0.2) is 8.42 Å². The van der Waals surface area contributed by atoms with Crippen LogP contribution in [0.3, 0.4) is 0 Å². The van der Waals surface area contributed by atoms with Gasteiger partial charge in [0.15, 0.2) is 15.6 Å². The van der Waals surface area contributed by atoms with Crippen LogP contribution in [0.15, 0.2) is 70.1 Å². The van der Waals surface area contributed by atoms with Crippen LogP contribution in [0.2, 0.25) is 0 Å². The van der Waals surface area contributed by atoms with Crippen molar-refractivity contribution in [3.8, 4) is 11.3 Å². The maximum Gasteiger partial charge on any atom is 0.236 e. The molecule has 3 aromatic rings. The molecule has 0 atom stereocenters. The SMILES string of the molecule is CS(=O)(=O)c1ccc(NC(=O)C2(c3cc(-c4ccccc4)on3)CC2)cc1. The predicted molar refractivity (Wildman–Crippen MR) is 101 cm³/mol. The monoisotopic (exact) mass is 382 g/mol. The van der Waals surface area contributed by atoms with E-state index >= 15 is 0 Å². The highest BCUT2D eigenvalue weighted by Crippen LogP contribution is 2.49. The van der Waals surface area contributed by atoms with Gasteiger partial charge in [-0.05, 0) is 37.1 Å². The summed E-state index contributed by atoms with van der Waals surface area (Å²) >= 11 is 0. The molecular weight excluding hydrogens is 364 g/mol. The zero-order valence-corrected chi connectivity index (χ0v) is 15.5. The van der Waals surface area contributed by atoms with Gasteiger partial charge in [0.2, 0.25) is 5.91 Å². The second kappa shape index (κ2) is 6.35. The molecule has 1 aliphatic rings. The lowest BCUT2D eigenvalue weighted by Gasteiger charge is -2.12. The quantitative estimate of drug-likeness (QED) is 0.730. The third kappa shape index (κ3) is 3.38. The van der Waals surface area contributed by atoms with Gasteiger partial charge in [-0.1, -0.05) is 35.5 Å². The van der Waals surface area contributed by atoms with Gasteiger partial charge in [0.05, 0.1) is 16.0 Å². The molecule has 1 heterocycles. The molecule has 2 aromatic carbocycles. The molecule has 1 aromatic heterocycles. The Balaban J connectivity index is 1.53. The van der Waals surface area contributed by atoms with E-state index in [-0.39, 0.29) is 10.8 Å². The standard InChI is InChI=1S/C20H18N2O4S/c1-27(24,25)16-9-7-15(8-10-16)21-19(23)20(11-12-20)18-13-17(26-22-18)14-5-3-2-4-6-14/h2-10,13H,11-12H2,1H3,(H,21,23). The van der Waals surface area contributed by atoms with Gasteiger partial charge in [-0.2, -0.15) is 0 Å². The lowest BCUT2D eigenvalue weighted by atomic mass is 10.00. The molecule has 1 N–H and O–H groups in total. The van der Waals surface area contributed by atoms with E-state index in [4.69, 9.17) is 4.52 Å². The van der Waals surface area contributed by atoms with E-state index in [1.165, 1.54) is 12.1 Å². The zero-order chi connectivity index (χ0) is 19.1. The largest absolute Gasteiger partial charge is 0.356 e. The van der Waals surface area contributed by atoms with Crippen molar-refractivity contribution < 1.29 is 17.7 Å². The number of rotatable bonds is 5. The number of carbonyl (C=O) groups excluding carboxylic acids is 1. The minimum Gasteiger partial charge on any atom is -0.356 e. The number of amides is 1. The molecule has 0 spiro atoms. The molecule has 1 amide bonds. The summed E-state index contributed by atoms with van der Waals surface area (Å²) in [6, 6.07) is 17.5. The Morgan fingerprint density at radius 1 is 1.07 bits per heavy atom. The molecule has 6 nitrogen and oxygen atoms in total. The van der Waals surface area contributed by atoms with E-state index < -0.39 is 15.3 Å². The normalized spacial score (nSPS) is 15.3. The van der Waals surface area contributed by atoms with E-state index in [1.54, 1.807) is 12.1 Å². The molecule has 1 aliphatic carbocycles. The fourth-order valence-electron chi connectivity index (χ4n) is 3.00. The fourth-order valence-corrected chi connectivity index (χ4v) is 3.63. The smallest absolute Gasteiger partial charge is 0.236 e. The summed E-state index contributed by atoms with van der Waals surface area (Å²) in [7, 11) is -3.27. The third-order valence-electron chi connectivity index (χ3n) is 4.78. The topological polar surface area (TPSA) is 89.3 Å². The summed E-state index contributed by atoms with van der Waals surface area (Å²) in [5.41, 5.74) is 1.38. The molecular formula is C20H18N2O4S. The van der Waals surface area contributed by atoms with Crippen molar-refractivity contribution in [1.29, 1.82) is 0 Å². The Hall–Kier alpha value is -2.93. The average molecular weight is 382 g/mol. The summed E-state index contributed by atoms with van der Waals surface area (Å²) in [6.07, 6.45) is 2.54. The summed E-state index contributed by atoms with van der Waals surface area (Å²) in [5.74, 6) is 0.463. The Bertz CT molecular complexity index is 1080. The number of aromatic nitrogens is 1. The summed E-state index contributed by atoms with van der Waals surface area (Å²) in [5, 5.41) is 6.98. The predicted octanol–water partition coefficient (Wildman–Crippen LogP) is 3.42. The van der Waals surface area contributed by atoms with Crippen LogP contribution in [0.25, 0.3) is 11.3 Å². The molecule has 0 aliphatic heterocycles. The van der Waals surface area contributed by atoms with Gasteiger partial charge in [0, 0.05) is 23.6 Å². The van der Waals surface area contributed by atoms with Gasteiger partial charge in [-0.3, -0.25) is 4.79 Å². The number of nitrogens with zero attached hydrogens (tertiary/aromatic N) is 1. The maximum atomic E-state index is 12.8. The average Bonchev–Trinajstić information content (AvgIpc) is 3.32. The Morgan fingerprint density at radius 2 is 1.74 bits per heavy atom. The molecule has 4 rings (SSSR count). The van der Waals surface area contributed by atoms with Crippen molar-refractivity contribution in [3.63, 3.8) is 0 Å². The number of sulfone groups is 1. The van der Waals surface area contributed by atoms with Gasteiger partial charge >= 0.3 is 0 Å². The molecule has 27 heavy (non-hydrogen) atoms. The van der Waals surface area contributed by atoms with Crippen LogP contribution in [-0.4, -0.2) is 25.7 Å². The molecule has 1 fully saturated rings. The van der Waals surface area contributed by atoms with Crippen molar-refractivity contribution in [1.82, 2.24) is 5.16 Å².